The quantitative estimate of drug-likeness (QED) is 0.640. The Balaban J connectivity index is 3.50. The van der Waals surface area contributed by atoms with Crippen LogP contribution in [0.4, 0.5) is 0 Å². The van der Waals surface area contributed by atoms with E-state index in [1.54, 1.807) is 19.1 Å². The highest BCUT2D eigenvalue weighted by Crippen LogP contribution is 2.24. The third-order valence-corrected chi connectivity index (χ3v) is 2.53. The smallest absolute Gasteiger partial charge is 0.371 e. The number of hydrogen-bond donors (Lipinski definition) is 1. The molecule has 0 radical (unpaired) electrons. The molecule has 1 rings (SSSR count). The molecule has 1 aromatic rings. The Morgan fingerprint density at radius 3 is 2.59 bits per heavy atom. The van der Waals surface area contributed by atoms with E-state index in [-0.39, 0.29) is 5.76 Å². The highest BCUT2D eigenvalue weighted by Gasteiger charge is 2.16. The number of nitriles is 1. The number of carboxylic acid groups (broad SMARTS) is 1. The Hall–Kier alpha value is -2.28. The van der Waals surface area contributed by atoms with E-state index in [0.717, 1.165) is 5.56 Å². The molecular weight excluding hydrogens is 218 g/mol. The number of rotatable bonds is 3. The predicted octanol–water partition coefficient (Wildman–Crippen LogP) is 2.33. The summed E-state index contributed by atoms with van der Waals surface area (Å²) < 4.78 is 4.84. The lowest BCUT2D eigenvalue weighted by atomic mass is 9.97. The van der Waals surface area contributed by atoms with Crippen LogP contribution in [0.5, 0.6) is 0 Å². The van der Waals surface area contributed by atoms with Crippen molar-refractivity contribution in [2.75, 3.05) is 7.11 Å². The second-order valence-electron chi connectivity index (χ2n) is 3.57. The first kappa shape index (κ1) is 12.8. The summed E-state index contributed by atoms with van der Waals surface area (Å²) >= 11 is 0. The summed E-state index contributed by atoms with van der Waals surface area (Å²) in [7, 11) is 1.30. The lowest BCUT2D eigenvalue weighted by Crippen LogP contribution is -2.06. The van der Waals surface area contributed by atoms with Crippen molar-refractivity contribution in [3.8, 4) is 6.07 Å². The van der Waals surface area contributed by atoms with Gasteiger partial charge in [-0.1, -0.05) is 18.2 Å². The van der Waals surface area contributed by atoms with Crippen LogP contribution in [0.1, 0.15) is 23.6 Å². The largest absolute Gasteiger partial charge is 0.490 e. The van der Waals surface area contributed by atoms with E-state index in [1.807, 2.05) is 13.0 Å². The third kappa shape index (κ3) is 2.45. The van der Waals surface area contributed by atoms with Gasteiger partial charge in [0.05, 0.1) is 12.7 Å². The standard InChI is InChI=1S/C13H13NO3/c1-8-5-4-6-10(11(8)7-14)9(2)12(17-3)13(15)16/h4-6H,1-3H3,(H,15,16). The van der Waals surface area contributed by atoms with E-state index in [9.17, 15) is 4.79 Å². The molecule has 88 valence electrons. The second-order valence-corrected chi connectivity index (χ2v) is 3.57. The Morgan fingerprint density at radius 1 is 1.47 bits per heavy atom. The zero-order valence-electron chi connectivity index (χ0n) is 9.94. The molecule has 0 unspecified atom stereocenters. The van der Waals surface area contributed by atoms with E-state index in [4.69, 9.17) is 15.1 Å². The zero-order chi connectivity index (χ0) is 13.0. The van der Waals surface area contributed by atoms with Crippen LogP contribution in [0.3, 0.4) is 0 Å². The van der Waals surface area contributed by atoms with E-state index >= 15 is 0 Å². The highest BCUT2D eigenvalue weighted by atomic mass is 16.5. The number of aliphatic carboxylic acids is 1. The first-order valence-electron chi connectivity index (χ1n) is 5.01. The highest BCUT2D eigenvalue weighted by molar-refractivity contribution is 5.94. The number of aryl methyl sites for hydroxylation is 1. The summed E-state index contributed by atoms with van der Waals surface area (Å²) in [4.78, 5) is 11.0. The van der Waals surface area contributed by atoms with Gasteiger partial charge in [-0.3, -0.25) is 0 Å². The minimum absolute atomic E-state index is 0.146. The molecule has 0 saturated heterocycles. The Morgan fingerprint density at radius 2 is 2.12 bits per heavy atom. The van der Waals surface area contributed by atoms with Crippen LogP contribution >= 0.6 is 0 Å². The summed E-state index contributed by atoms with van der Waals surface area (Å²) in [5, 5.41) is 18.1. The summed E-state index contributed by atoms with van der Waals surface area (Å²) in [6.45, 7) is 3.44. The molecule has 4 nitrogen and oxygen atoms in total. The average Bonchev–Trinajstić information content (AvgIpc) is 2.28. The van der Waals surface area contributed by atoms with E-state index in [1.165, 1.54) is 7.11 Å². The fraction of sp³-hybridized carbons (Fsp3) is 0.231. The van der Waals surface area contributed by atoms with E-state index in [0.29, 0.717) is 16.7 Å². The van der Waals surface area contributed by atoms with Gasteiger partial charge >= 0.3 is 5.97 Å². The number of carboxylic acids is 1. The number of hydrogen-bond acceptors (Lipinski definition) is 3. The maximum atomic E-state index is 11.0. The van der Waals surface area contributed by atoms with Crippen LogP contribution in [0.15, 0.2) is 24.0 Å². The van der Waals surface area contributed by atoms with Gasteiger partial charge in [-0.15, -0.1) is 0 Å². The van der Waals surface area contributed by atoms with E-state index < -0.39 is 5.97 Å². The Kier molecular flexibility index (Phi) is 3.89. The zero-order valence-corrected chi connectivity index (χ0v) is 9.94. The average molecular weight is 231 g/mol. The molecule has 0 spiro atoms. The van der Waals surface area contributed by atoms with Crippen LogP contribution in [0.25, 0.3) is 5.57 Å². The number of carbonyl (C=O) groups is 1. The van der Waals surface area contributed by atoms with Crippen molar-refractivity contribution in [1.29, 1.82) is 5.26 Å². The van der Waals surface area contributed by atoms with Crippen LogP contribution in [0, 0.1) is 18.3 Å². The number of ether oxygens (including phenoxy) is 1. The molecule has 0 aliphatic rings. The molecule has 0 aliphatic heterocycles. The molecule has 4 heteroatoms. The third-order valence-electron chi connectivity index (χ3n) is 2.53. The topological polar surface area (TPSA) is 70.3 Å². The van der Waals surface area contributed by atoms with Gasteiger partial charge in [-0.2, -0.15) is 5.26 Å². The van der Waals surface area contributed by atoms with Gasteiger partial charge in [0, 0.05) is 5.57 Å². The van der Waals surface area contributed by atoms with Crippen LogP contribution in [-0.2, 0) is 9.53 Å². The maximum absolute atomic E-state index is 11.0. The first-order chi connectivity index (χ1) is 8.02. The van der Waals surface area contributed by atoms with Gasteiger partial charge in [-0.25, -0.2) is 4.79 Å². The van der Waals surface area contributed by atoms with Gasteiger partial charge in [0.25, 0.3) is 0 Å². The van der Waals surface area contributed by atoms with Gasteiger partial charge in [0.1, 0.15) is 6.07 Å². The number of allylic oxidation sites excluding steroid dienone is 1. The van der Waals surface area contributed by atoms with Crippen molar-refractivity contribution in [3.05, 3.63) is 40.6 Å². The van der Waals surface area contributed by atoms with Gasteiger partial charge in [0.2, 0.25) is 5.76 Å². The molecule has 0 aliphatic carbocycles. The fourth-order valence-electron chi connectivity index (χ4n) is 1.65. The second kappa shape index (κ2) is 5.17. The molecule has 0 bridgehead atoms. The molecule has 17 heavy (non-hydrogen) atoms. The summed E-state index contributed by atoms with van der Waals surface area (Å²) in [5.41, 5.74) is 2.32. The van der Waals surface area contributed by atoms with Crippen molar-refractivity contribution in [2.45, 2.75) is 13.8 Å². The molecule has 0 fully saturated rings. The predicted molar refractivity (Wildman–Crippen MR) is 63.1 cm³/mol. The molecule has 0 heterocycles. The maximum Gasteiger partial charge on any atom is 0.371 e. The molecular formula is C13H13NO3. The Bertz CT molecular complexity index is 524. The summed E-state index contributed by atoms with van der Waals surface area (Å²) in [6.07, 6.45) is 0. The minimum atomic E-state index is -1.14. The fourth-order valence-corrected chi connectivity index (χ4v) is 1.65. The van der Waals surface area contributed by atoms with E-state index in [2.05, 4.69) is 6.07 Å². The normalized spacial score (nSPS) is 11.4. The van der Waals surface area contributed by atoms with Gasteiger partial charge in [-0.05, 0) is 25.0 Å². The van der Waals surface area contributed by atoms with Crippen molar-refractivity contribution >= 4 is 11.5 Å². The van der Waals surface area contributed by atoms with Gasteiger partial charge < -0.3 is 9.84 Å². The molecule has 0 aromatic heterocycles. The van der Waals surface area contributed by atoms with Gasteiger partial charge in [0.15, 0.2) is 0 Å². The first-order valence-corrected chi connectivity index (χ1v) is 5.01. The molecule has 1 aromatic carbocycles. The number of benzene rings is 1. The van der Waals surface area contributed by atoms with Crippen molar-refractivity contribution in [2.24, 2.45) is 0 Å². The monoisotopic (exact) mass is 231 g/mol. The number of nitrogens with zero attached hydrogens (tertiary/aromatic N) is 1. The minimum Gasteiger partial charge on any atom is -0.490 e. The van der Waals surface area contributed by atoms with Crippen molar-refractivity contribution in [3.63, 3.8) is 0 Å². The van der Waals surface area contributed by atoms with Crippen molar-refractivity contribution < 1.29 is 14.6 Å². The molecule has 0 atom stereocenters. The number of methoxy groups -OCH3 is 1. The van der Waals surface area contributed by atoms with Crippen LogP contribution in [0.2, 0.25) is 0 Å². The SMILES string of the molecule is COC(C(=O)O)=C(C)c1cccc(C)c1C#N. The van der Waals surface area contributed by atoms with Crippen LogP contribution in [-0.4, -0.2) is 18.2 Å². The molecule has 1 N–H and O–H groups in total. The summed E-state index contributed by atoms with van der Waals surface area (Å²) in [6, 6.07) is 7.38. The van der Waals surface area contributed by atoms with Crippen LogP contribution < -0.4 is 0 Å². The molecule has 0 amide bonds. The molecule has 0 saturated carbocycles. The summed E-state index contributed by atoms with van der Waals surface area (Å²) in [5.74, 6) is -1.29. The lowest BCUT2D eigenvalue weighted by Gasteiger charge is -2.10. The lowest BCUT2D eigenvalue weighted by molar-refractivity contribution is -0.135. The Labute approximate surface area is 99.8 Å². The van der Waals surface area contributed by atoms with Crippen molar-refractivity contribution in [1.82, 2.24) is 0 Å².